The van der Waals surface area contributed by atoms with Crippen LogP contribution in [0.25, 0.3) is 0 Å². The molecule has 5 nitrogen and oxygen atoms in total. The van der Waals surface area contributed by atoms with Crippen LogP contribution >= 0.6 is 0 Å². The number of anilines is 2. The van der Waals surface area contributed by atoms with Crippen LogP contribution < -0.4 is 11.1 Å². The van der Waals surface area contributed by atoms with Crippen LogP contribution in [0.5, 0.6) is 0 Å². The molecule has 108 valence electrons. The van der Waals surface area contributed by atoms with Crippen LogP contribution in [0.3, 0.4) is 0 Å². The molecular weight excluding hydrogens is 268 g/mol. The van der Waals surface area contributed by atoms with E-state index >= 15 is 0 Å². The summed E-state index contributed by atoms with van der Waals surface area (Å²) >= 11 is 0. The number of nitrogens with two attached hydrogens (primary N) is 1. The smallest absolute Gasteiger partial charge is 0.337 e. The Labute approximate surface area is 122 Å². The summed E-state index contributed by atoms with van der Waals surface area (Å²) in [7, 11) is 0. The number of nitrogens with one attached hydrogen (secondary N) is 1. The van der Waals surface area contributed by atoms with Gasteiger partial charge in [-0.1, -0.05) is 23.3 Å². The lowest BCUT2D eigenvalue weighted by Gasteiger charge is -2.11. The molecule has 0 bridgehead atoms. The molecule has 0 aromatic heterocycles. The summed E-state index contributed by atoms with van der Waals surface area (Å²) in [4.78, 5) is 23.5. The Morgan fingerprint density at radius 2 is 1.57 bits per heavy atom. The number of benzene rings is 2. The Morgan fingerprint density at radius 3 is 2.19 bits per heavy atom. The van der Waals surface area contributed by atoms with Gasteiger partial charge in [-0.2, -0.15) is 0 Å². The third kappa shape index (κ3) is 3.20. The molecule has 0 saturated carbocycles. The molecule has 0 aliphatic rings. The Hall–Kier alpha value is -2.82. The van der Waals surface area contributed by atoms with Gasteiger partial charge in [-0.3, -0.25) is 4.79 Å². The highest BCUT2D eigenvalue weighted by atomic mass is 16.4. The van der Waals surface area contributed by atoms with Crippen LogP contribution in [-0.4, -0.2) is 17.0 Å². The van der Waals surface area contributed by atoms with E-state index in [2.05, 4.69) is 5.32 Å². The summed E-state index contributed by atoms with van der Waals surface area (Å²) in [5, 5.41) is 11.8. The molecule has 4 N–H and O–H groups in total. The summed E-state index contributed by atoms with van der Waals surface area (Å²) in [6.07, 6.45) is 0. The minimum atomic E-state index is -1.09. The van der Waals surface area contributed by atoms with Gasteiger partial charge in [0.25, 0.3) is 5.91 Å². The maximum Gasteiger partial charge on any atom is 0.337 e. The van der Waals surface area contributed by atoms with E-state index in [0.717, 1.165) is 11.1 Å². The molecule has 0 atom stereocenters. The van der Waals surface area contributed by atoms with E-state index in [4.69, 9.17) is 5.73 Å². The SMILES string of the molecule is Cc1ccc(N)c(C(=O)Nc2ccc(C)cc2C(=O)O)c1. The third-order valence-electron chi connectivity index (χ3n) is 3.11. The molecule has 2 aromatic rings. The average molecular weight is 284 g/mol. The molecule has 0 fully saturated rings. The number of hydrogen-bond acceptors (Lipinski definition) is 3. The van der Waals surface area contributed by atoms with E-state index in [9.17, 15) is 14.7 Å². The third-order valence-corrected chi connectivity index (χ3v) is 3.11. The molecule has 0 unspecified atom stereocenters. The molecule has 5 heteroatoms. The summed E-state index contributed by atoms with van der Waals surface area (Å²) in [5.74, 6) is -1.52. The fourth-order valence-corrected chi connectivity index (χ4v) is 2.00. The van der Waals surface area contributed by atoms with Crippen LogP contribution in [0.2, 0.25) is 0 Å². The van der Waals surface area contributed by atoms with Crippen molar-refractivity contribution in [3.05, 3.63) is 58.7 Å². The van der Waals surface area contributed by atoms with Crippen molar-refractivity contribution in [2.75, 3.05) is 11.1 Å². The van der Waals surface area contributed by atoms with Gasteiger partial charge in [0.15, 0.2) is 0 Å². The molecule has 0 aliphatic heterocycles. The number of hydrogen-bond donors (Lipinski definition) is 3. The lowest BCUT2D eigenvalue weighted by molar-refractivity contribution is 0.0698. The quantitative estimate of drug-likeness (QED) is 0.756. The van der Waals surface area contributed by atoms with Gasteiger partial charge < -0.3 is 16.2 Å². The highest BCUT2D eigenvalue weighted by molar-refractivity contribution is 6.10. The first-order valence-electron chi connectivity index (χ1n) is 6.40. The van der Waals surface area contributed by atoms with Gasteiger partial charge in [-0.15, -0.1) is 0 Å². The lowest BCUT2D eigenvalue weighted by atomic mass is 10.1. The molecule has 0 aliphatic carbocycles. The maximum atomic E-state index is 12.3. The molecule has 0 radical (unpaired) electrons. The summed E-state index contributed by atoms with van der Waals surface area (Å²) in [6, 6.07) is 9.94. The monoisotopic (exact) mass is 284 g/mol. The first-order valence-corrected chi connectivity index (χ1v) is 6.40. The Kier molecular flexibility index (Phi) is 3.93. The first-order chi connectivity index (χ1) is 9.88. The highest BCUT2D eigenvalue weighted by Gasteiger charge is 2.15. The zero-order chi connectivity index (χ0) is 15.6. The van der Waals surface area contributed by atoms with Gasteiger partial charge in [0.1, 0.15) is 0 Å². The average Bonchev–Trinajstić information content (AvgIpc) is 2.43. The number of carboxylic acids is 1. The molecule has 21 heavy (non-hydrogen) atoms. The van der Waals surface area contributed by atoms with Crippen LogP contribution in [0.1, 0.15) is 31.8 Å². The fraction of sp³-hybridized carbons (Fsp3) is 0.125. The van der Waals surface area contributed by atoms with Crippen LogP contribution in [0, 0.1) is 13.8 Å². The normalized spacial score (nSPS) is 10.2. The Balaban J connectivity index is 2.36. The van der Waals surface area contributed by atoms with Crippen molar-refractivity contribution >= 4 is 23.3 Å². The second-order valence-electron chi connectivity index (χ2n) is 4.90. The van der Waals surface area contributed by atoms with E-state index < -0.39 is 11.9 Å². The zero-order valence-electron chi connectivity index (χ0n) is 11.8. The molecule has 1 amide bonds. The van der Waals surface area contributed by atoms with Crippen molar-refractivity contribution in [3.8, 4) is 0 Å². The zero-order valence-corrected chi connectivity index (χ0v) is 11.8. The minimum Gasteiger partial charge on any atom is -0.478 e. The van der Waals surface area contributed by atoms with Crippen molar-refractivity contribution in [1.29, 1.82) is 0 Å². The van der Waals surface area contributed by atoms with Gasteiger partial charge in [0.05, 0.1) is 16.8 Å². The summed E-state index contributed by atoms with van der Waals surface area (Å²) in [6.45, 7) is 3.64. The largest absolute Gasteiger partial charge is 0.478 e. The molecule has 0 saturated heterocycles. The van der Waals surface area contributed by atoms with E-state index in [-0.39, 0.29) is 11.3 Å². The second-order valence-corrected chi connectivity index (χ2v) is 4.90. The Bertz CT molecular complexity index is 723. The van der Waals surface area contributed by atoms with Crippen molar-refractivity contribution in [1.82, 2.24) is 0 Å². The standard InChI is InChI=1S/C16H16N2O3/c1-9-3-5-13(17)11(7-9)15(19)18-14-6-4-10(2)8-12(14)16(20)21/h3-8H,17H2,1-2H3,(H,18,19)(H,20,21). The first kappa shape index (κ1) is 14.6. The number of carbonyl (C=O) groups excluding carboxylic acids is 1. The van der Waals surface area contributed by atoms with Gasteiger partial charge in [-0.05, 0) is 38.1 Å². The van der Waals surface area contributed by atoms with Crippen LogP contribution in [-0.2, 0) is 0 Å². The number of carbonyl (C=O) groups is 2. The van der Waals surface area contributed by atoms with Crippen molar-refractivity contribution in [2.45, 2.75) is 13.8 Å². The van der Waals surface area contributed by atoms with Crippen molar-refractivity contribution in [2.24, 2.45) is 0 Å². The van der Waals surface area contributed by atoms with Gasteiger partial charge in [-0.25, -0.2) is 4.79 Å². The van der Waals surface area contributed by atoms with Crippen LogP contribution in [0.15, 0.2) is 36.4 Å². The number of nitrogen functional groups attached to an aromatic ring is 1. The number of amides is 1. The van der Waals surface area contributed by atoms with E-state index in [1.165, 1.54) is 6.07 Å². The maximum absolute atomic E-state index is 12.3. The second kappa shape index (κ2) is 5.66. The molecule has 2 aromatic carbocycles. The van der Waals surface area contributed by atoms with E-state index in [0.29, 0.717) is 11.3 Å². The van der Waals surface area contributed by atoms with Gasteiger partial charge in [0, 0.05) is 5.69 Å². The summed E-state index contributed by atoms with van der Waals surface area (Å²) < 4.78 is 0. The molecule has 2 rings (SSSR count). The number of aryl methyl sites for hydroxylation is 2. The summed E-state index contributed by atoms with van der Waals surface area (Å²) in [5.41, 5.74) is 8.47. The number of carboxylic acid groups (broad SMARTS) is 1. The fourth-order valence-electron chi connectivity index (χ4n) is 2.00. The molecule has 0 heterocycles. The van der Waals surface area contributed by atoms with Crippen molar-refractivity contribution in [3.63, 3.8) is 0 Å². The van der Waals surface area contributed by atoms with Gasteiger partial charge >= 0.3 is 5.97 Å². The topological polar surface area (TPSA) is 92.4 Å². The highest BCUT2D eigenvalue weighted by Crippen LogP contribution is 2.20. The predicted molar refractivity (Wildman–Crippen MR) is 81.7 cm³/mol. The predicted octanol–water partition coefficient (Wildman–Crippen LogP) is 2.84. The Morgan fingerprint density at radius 1 is 1.00 bits per heavy atom. The van der Waals surface area contributed by atoms with Crippen LogP contribution in [0.4, 0.5) is 11.4 Å². The van der Waals surface area contributed by atoms with Crippen molar-refractivity contribution < 1.29 is 14.7 Å². The lowest BCUT2D eigenvalue weighted by Crippen LogP contribution is -2.16. The number of rotatable bonds is 3. The minimum absolute atomic E-state index is 0.0505. The van der Waals surface area contributed by atoms with E-state index in [1.807, 2.05) is 6.92 Å². The van der Waals surface area contributed by atoms with E-state index in [1.54, 1.807) is 37.3 Å². The molecule has 0 spiro atoms. The molecular formula is C16H16N2O3. The van der Waals surface area contributed by atoms with Gasteiger partial charge in [0.2, 0.25) is 0 Å². The number of aromatic carboxylic acids is 1.